The van der Waals surface area contributed by atoms with E-state index >= 15 is 0 Å². The van der Waals surface area contributed by atoms with E-state index in [9.17, 15) is 0 Å². The Kier molecular flexibility index (Phi) is 10.3. The topological polar surface area (TPSA) is 34.2 Å². The molecular formula is C52H52N2O3S2. The van der Waals surface area contributed by atoms with E-state index in [0.29, 0.717) is 0 Å². The maximum atomic E-state index is 7.88. The lowest BCUT2D eigenvalue weighted by molar-refractivity contribution is 0.122. The maximum Gasteiger partial charge on any atom is 0.178 e. The summed E-state index contributed by atoms with van der Waals surface area (Å²) in [5.74, 6) is 0.973. The molecule has 3 heterocycles. The molecule has 3 aliphatic heterocycles. The van der Waals surface area contributed by atoms with Crippen LogP contribution in [-0.2, 0) is 20.5 Å². The second-order valence-electron chi connectivity index (χ2n) is 16.1. The van der Waals surface area contributed by atoms with E-state index in [1.807, 2.05) is 23.5 Å². The van der Waals surface area contributed by atoms with E-state index in [2.05, 4.69) is 158 Å². The Labute approximate surface area is 357 Å². The van der Waals surface area contributed by atoms with Crippen molar-refractivity contribution in [2.75, 3.05) is 74.9 Å². The van der Waals surface area contributed by atoms with E-state index in [4.69, 9.17) is 14.2 Å². The van der Waals surface area contributed by atoms with Gasteiger partial charge in [0.2, 0.25) is 0 Å². The molecule has 0 saturated carbocycles. The fourth-order valence-electron chi connectivity index (χ4n) is 10.3. The standard InChI is InChI=1S/C52H52N2O3S2/c1-5-51(6-2)45-32-36(35-10-8-7-9-11-35)12-21-41(45)48-43-33-46(58-3)47(59-4)34-44(43)50-42(49(48)51)22-23-52(57-50,37-13-17-39(18-14-37)53-24-28-55-29-25-53)38-15-19-40(20-16-38)54-26-30-56-31-27-54/h7-23,32-34H,5-6,24-31H2,1-4H3. The lowest BCUT2D eigenvalue weighted by Crippen LogP contribution is -2.37. The van der Waals surface area contributed by atoms with Gasteiger partial charge in [0.05, 0.1) is 26.4 Å². The smallest absolute Gasteiger partial charge is 0.178 e. The lowest BCUT2D eigenvalue weighted by atomic mass is 9.70. The normalized spacial score (nSPS) is 17.7. The van der Waals surface area contributed by atoms with Gasteiger partial charge in [-0.15, -0.1) is 23.5 Å². The molecule has 2 saturated heterocycles. The molecule has 7 heteroatoms. The van der Waals surface area contributed by atoms with Gasteiger partial charge in [0.1, 0.15) is 5.75 Å². The highest BCUT2D eigenvalue weighted by atomic mass is 32.2. The zero-order valence-electron chi connectivity index (χ0n) is 34.6. The molecule has 6 aromatic rings. The van der Waals surface area contributed by atoms with Crippen LogP contribution in [0.3, 0.4) is 0 Å². The minimum Gasteiger partial charge on any atom is -0.472 e. The Balaban J connectivity index is 1.20. The average molecular weight is 817 g/mol. The van der Waals surface area contributed by atoms with Crippen molar-refractivity contribution < 1.29 is 14.2 Å². The Morgan fingerprint density at radius 2 is 1.17 bits per heavy atom. The number of ether oxygens (including phenoxy) is 3. The Morgan fingerprint density at radius 3 is 1.71 bits per heavy atom. The third kappa shape index (κ3) is 6.30. The molecule has 2 fully saturated rings. The second kappa shape index (κ2) is 15.7. The first-order valence-electron chi connectivity index (χ1n) is 21.2. The van der Waals surface area contributed by atoms with E-state index in [-0.39, 0.29) is 5.41 Å². The van der Waals surface area contributed by atoms with Crippen molar-refractivity contribution in [1.29, 1.82) is 0 Å². The molecule has 0 radical (unpaired) electrons. The molecule has 0 amide bonds. The average Bonchev–Trinajstić information content (AvgIpc) is 3.62. The van der Waals surface area contributed by atoms with Gasteiger partial charge in [0.15, 0.2) is 5.60 Å². The minimum atomic E-state index is -0.855. The SMILES string of the molecule is CCC1(CC)c2cc(-c3ccccc3)ccc2-c2c1c1c(c3cc(SC)c(SC)cc23)OC(c2ccc(N3CCOCC3)cc2)(c2ccc(N3CCOCC3)cc2)C=C1. The van der Waals surface area contributed by atoms with Gasteiger partial charge in [-0.05, 0) is 113 Å². The van der Waals surface area contributed by atoms with Crippen LogP contribution >= 0.6 is 23.5 Å². The fourth-order valence-corrected chi connectivity index (χ4v) is 11.8. The van der Waals surface area contributed by atoms with E-state index in [1.165, 1.54) is 70.9 Å². The lowest BCUT2D eigenvalue weighted by Gasteiger charge is -2.40. The molecule has 300 valence electrons. The summed E-state index contributed by atoms with van der Waals surface area (Å²) >= 11 is 3.64. The summed E-state index contributed by atoms with van der Waals surface area (Å²) in [5, 5.41) is 2.44. The van der Waals surface area contributed by atoms with E-state index in [0.717, 1.165) is 82.3 Å². The van der Waals surface area contributed by atoms with Gasteiger partial charge < -0.3 is 24.0 Å². The van der Waals surface area contributed by atoms with Crippen molar-refractivity contribution in [2.45, 2.75) is 47.5 Å². The molecule has 0 atom stereocenters. The van der Waals surface area contributed by atoms with Gasteiger partial charge in [0, 0.05) is 74.8 Å². The van der Waals surface area contributed by atoms with Gasteiger partial charge in [-0.1, -0.05) is 86.7 Å². The number of thioether (sulfide) groups is 2. The quantitative estimate of drug-likeness (QED) is 0.134. The summed E-state index contributed by atoms with van der Waals surface area (Å²) in [6.45, 7) is 11.4. The largest absolute Gasteiger partial charge is 0.472 e. The number of morpholine rings is 2. The van der Waals surface area contributed by atoms with E-state index < -0.39 is 5.60 Å². The van der Waals surface area contributed by atoms with Crippen LogP contribution in [0.4, 0.5) is 11.4 Å². The van der Waals surface area contributed by atoms with Crippen LogP contribution in [0.2, 0.25) is 0 Å². The van der Waals surface area contributed by atoms with Crippen molar-refractivity contribution in [2.24, 2.45) is 0 Å². The van der Waals surface area contributed by atoms with Crippen LogP contribution in [-0.4, -0.2) is 65.1 Å². The second-order valence-corrected chi connectivity index (χ2v) is 17.8. The van der Waals surface area contributed by atoms with Crippen molar-refractivity contribution >= 4 is 51.7 Å². The minimum absolute atomic E-state index is 0.182. The molecule has 1 aliphatic carbocycles. The molecule has 0 N–H and O–H groups in total. The third-order valence-electron chi connectivity index (χ3n) is 13.5. The van der Waals surface area contributed by atoms with Crippen LogP contribution in [0.1, 0.15) is 54.5 Å². The van der Waals surface area contributed by atoms with Gasteiger partial charge in [0.25, 0.3) is 0 Å². The number of hydrogen-bond acceptors (Lipinski definition) is 7. The highest BCUT2D eigenvalue weighted by molar-refractivity contribution is 8.01. The van der Waals surface area contributed by atoms with Crippen LogP contribution in [0.25, 0.3) is 39.1 Å². The number of anilines is 2. The predicted molar refractivity (Wildman–Crippen MR) is 249 cm³/mol. The van der Waals surface area contributed by atoms with Gasteiger partial charge in [-0.25, -0.2) is 0 Å². The van der Waals surface area contributed by atoms with E-state index in [1.54, 1.807) is 0 Å². The van der Waals surface area contributed by atoms with Crippen molar-refractivity contribution in [1.82, 2.24) is 0 Å². The van der Waals surface area contributed by atoms with Crippen molar-refractivity contribution in [3.63, 3.8) is 0 Å². The molecule has 4 aliphatic rings. The monoisotopic (exact) mass is 816 g/mol. The summed E-state index contributed by atoms with van der Waals surface area (Å²) in [7, 11) is 0. The van der Waals surface area contributed by atoms with Crippen molar-refractivity contribution in [3.05, 3.63) is 143 Å². The Morgan fingerprint density at radius 1 is 0.610 bits per heavy atom. The molecule has 0 aromatic heterocycles. The molecule has 0 unspecified atom stereocenters. The maximum absolute atomic E-state index is 7.88. The number of nitrogens with zero attached hydrogens (tertiary/aromatic N) is 2. The zero-order valence-corrected chi connectivity index (χ0v) is 36.2. The van der Waals surface area contributed by atoms with Crippen LogP contribution in [0.5, 0.6) is 5.75 Å². The number of hydrogen-bond donors (Lipinski definition) is 0. The Hall–Kier alpha value is -4.66. The molecule has 0 spiro atoms. The first kappa shape index (κ1) is 38.5. The predicted octanol–water partition coefficient (Wildman–Crippen LogP) is 12.1. The molecule has 5 nitrogen and oxygen atoms in total. The summed E-state index contributed by atoms with van der Waals surface area (Å²) in [6, 6.07) is 41.2. The molecule has 10 rings (SSSR count). The molecule has 59 heavy (non-hydrogen) atoms. The van der Waals surface area contributed by atoms with Crippen LogP contribution < -0.4 is 14.5 Å². The van der Waals surface area contributed by atoms with Crippen LogP contribution in [0.15, 0.2) is 125 Å². The number of rotatable bonds is 9. The van der Waals surface area contributed by atoms with Crippen LogP contribution in [0, 0.1) is 0 Å². The van der Waals surface area contributed by atoms with Crippen molar-refractivity contribution in [3.8, 4) is 28.0 Å². The zero-order chi connectivity index (χ0) is 40.1. The third-order valence-corrected chi connectivity index (χ3v) is 15.2. The summed E-state index contributed by atoms with van der Waals surface area (Å²) in [4.78, 5) is 7.42. The summed E-state index contributed by atoms with van der Waals surface area (Å²) in [5.41, 5.74) is 12.9. The highest BCUT2D eigenvalue weighted by Gasteiger charge is 2.47. The van der Waals surface area contributed by atoms with Gasteiger partial charge in [-0.2, -0.15) is 0 Å². The number of fused-ring (bicyclic) bond motifs is 8. The highest BCUT2D eigenvalue weighted by Crippen LogP contribution is 2.61. The van der Waals surface area contributed by atoms with Gasteiger partial charge >= 0.3 is 0 Å². The summed E-state index contributed by atoms with van der Waals surface area (Å²) < 4.78 is 19.3. The Bertz CT molecular complexity index is 2470. The molecule has 0 bridgehead atoms. The fraction of sp³-hybridized carbons (Fsp3) is 0.308. The first-order valence-corrected chi connectivity index (χ1v) is 23.7. The first-order chi connectivity index (χ1) is 29.0. The molecular weight excluding hydrogens is 765 g/mol. The number of benzene rings is 6. The van der Waals surface area contributed by atoms with Gasteiger partial charge in [-0.3, -0.25) is 0 Å². The molecule has 6 aromatic carbocycles. The summed E-state index contributed by atoms with van der Waals surface area (Å²) in [6.07, 6.45) is 11.2.